The van der Waals surface area contributed by atoms with Crippen molar-refractivity contribution in [2.45, 2.75) is 77.9 Å². The minimum Gasteiger partial charge on any atom is -0.501 e. The highest BCUT2D eigenvalue weighted by atomic mass is 28.4. The molecular formula is C19H34O3Si. The van der Waals surface area contributed by atoms with Crippen LogP contribution < -0.4 is 0 Å². The highest BCUT2D eigenvalue weighted by Crippen LogP contribution is 2.36. The Hall–Kier alpha value is -0.873. The lowest BCUT2D eigenvalue weighted by Crippen LogP contribution is -2.40. The molecule has 3 nitrogen and oxygen atoms in total. The van der Waals surface area contributed by atoms with Gasteiger partial charge in [0.1, 0.15) is 5.76 Å². The van der Waals surface area contributed by atoms with Crippen molar-refractivity contribution >= 4 is 14.1 Å². The normalized spacial score (nSPS) is 17.7. The van der Waals surface area contributed by atoms with Crippen molar-refractivity contribution in [1.82, 2.24) is 0 Å². The van der Waals surface area contributed by atoms with Crippen LogP contribution in [0.15, 0.2) is 23.0 Å². The molecule has 0 aromatic heterocycles. The zero-order valence-electron chi connectivity index (χ0n) is 16.0. The molecule has 4 heteroatoms. The van der Waals surface area contributed by atoms with Crippen LogP contribution in [0.3, 0.4) is 0 Å². The summed E-state index contributed by atoms with van der Waals surface area (Å²) in [7, 11) is -0.0124. The Morgan fingerprint density at radius 3 is 2.48 bits per heavy atom. The van der Waals surface area contributed by atoms with Crippen LogP contribution >= 0.6 is 0 Å². The molecule has 1 aliphatic carbocycles. The molecule has 1 aliphatic rings. The molecule has 0 bridgehead atoms. The van der Waals surface area contributed by atoms with E-state index in [1.54, 1.807) is 7.11 Å². The third-order valence-corrected chi connectivity index (χ3v) is 9.68. The number of allylic oxidation sites excluding steroid dienone is 3. The van der Waals surface area contributed by atoms with Crippen LogP contribution in [0.25, 0.3) is 0 Å². The number of rotatable bonds is 7. The van der Waals surface area contributed by atoms with Gasteiger partial charge in [0.2, 0.25) is 0 Å². The van der Waals surface area contributed by atoms with Crippen molar-refractivity contribution in [2.24, 2.45) is 0 Å². The summed E-state index contributed by atoms with van der Waals surface area (Å²) >= 11 is 0. The molecule has 0 N–H and O–H groups in total. The topological polar surface area (TPSA) is 35.5 Å². The summed E-state index contributed by atoms with van der Waals surface area (Å²) in [6.45, 7) is 14.1. The molecule has 0 saturated carbocycles. The van der Waals surface area contributed by atoms with Crippen LogP contribution in [0.4, 0.5) is 0 Å². The lowest BCUT2D eigenvalue weighted by atomic mass is 9.92. The van der Waals surface area contributed by atoms with Crippen LogP contribution in [-0.4, -0.2) is 27.8 Å². The summed E-state index contributed by atoms with van der Waals surface area (Å²) in [6, 6.07) is 0. The first-order chi connectivity index (χ1) is 10.6. The van der Waals surface area contributed by atoms with Crippen LogP contribution in [-0.2, 0) is 14.0 Å². The van der Waals surface area contributed by atoms with Crippen molar-refractivity contribution < 1.29 is 14.0 Å². The predicted molar refractivity (Wildman–Crippen MR) is 99.0 cm³/mol. The number of Topliss-reactive ketones (excluding diaryl/α,β-unsaturated/α-hetero) is 1. The molecule has 0 aromatic carbocycles. The second-order valence-electron chi connectivity index (χ2n) is 8.00. The van der Waals surface area contributed by atoms with E-state index in [4.69, 9.17) is 9.16 Å². The lowest BCUT2D eigenvalue weighted by molar-refractivity contribution is -0.116. The third-order valence-electron chi connectivity index (χ3n) is 5.18. The van der Waals surface area contributed by atoms with Gasteiger partial charge in [-0.1, -0.05) is 32.4 Å². The van der Waals surface area contributed by atoms with E-state index in [0.29, 0.717) is 13.0 Å². The number of hydrogen-bond acceptors (Lipinski definition) is 3. The van der Waals surface area contributed by atoms with Gasteiger partial charge in [0.15, 0.2) is 14.1 Å². The average molecular weight is 339 g/mol. The summed E-state index contributed by atoms with van der Waals surface area (Å²) in [5, 5.41) is 0.238. The summed E-state index contributed by atoms with van der Waals surface area (Å²) < 4.78 is 11.6. The first-order valence-electron chi connectivity index (χ1n) is 8.67. The molecule has 23 heavy (non-hydrogen) atoms. The van der Waals surface area contributed by atoms with Gasteiger partial charge in [-0.15, -0.1) is 0 Å². The minimum absolute atomic E-state index is 0.238. The van der Waals surface area contributed by atoms with E-state index in [1.165, 1.54) is 5.57 Å². The lowest BCUT2D eigenvalue weighted by Gasteiger charge is -2.35. The summed E-state index contributed by atoms with van der Waals surface area (Å²) in [5.41, 5.74) is 2.18. The molecule has 1 rings (SSSR count). The highest BCUT2D eigenvalue weighted by Gasteiger charge is 2.36. The molecule has 0 amide bonds. The highest BCUT2D eigenvalue weighted by molar-refractivity contribution is 6.74. The molecule has 0 fully saturated rings. The number of carbonyl (C=O) groups excluding carboxylic acids is 1. The number of hydrogen-bond donors (Lipinski definition) is 0. The summed E-state index contributed by atoms with van der Waals surface area (Å²) in [6.07, 6.45) is 6.33. The van der Waals surface area contributed by atoms with Gasteiger partial charge in [0.25, 0.3) is 0 Å². The van der Waals surface area contributed by atoms with E-state index >= 15 is 0 Å². The van der Waals surface area contributed by atoms with E-state index in [0.717, 1.165) is 37.0 Å². The Morgan fingerprint density at radius 2 is 1.91 bits per heavy atom. The van der Waals surface area contributed by atoms with Crippen LogP contribution in [0.2, 0.25) is 18.1 Å². The van der Waals surface area contributed by atoms with E-state index in [-0.39, 0.29) is 10.8 Å². The van der Waals surface area contributed by atoms with Gasteiger partial charge in [0, 0.05) is 18.4 Å². The van der Waals surface area contributed by atoms with E-state index in [1.807, 2.05) is 0 Å². The number of ether oxygens (including phenoxy) is 1. The Morgan fingerprint density at radius 1 is 1.26 bits per heavy atom. The monoisotopic (exact) mass is 338 g/mol. The van der Waals surface area contributed by atoms with Crippen molar-refractivity contribution in [3.8, 4) is 0 Å². The van der Waals surface area contributed by atoms with Crippen LogP contribution in [0.5, 0.6) is 0 Å². The Labute approximate surface area is 143 Å². The van der Waals surface area contributed by atoms with Gasteiger partial charge in [-0.25, -0.2) is 0 Å². The maximum absolute atomic E-state index is 12.1. The van der Waals surface area contributed by atoms with E-state index < -0.39 is 8.32 Å². The molecule has 0 heterocycles. The second kappa shape index (κ2) is 8.29. The van der Waals surface area contributed by atoms with Gasteiger partial charge in [-0.2, -0.15) is 0 Å². The van der Waals surface area contributed by atoms with Gasteiger partial charge in [-0.3, -0.25) is 4.79 Å². The molecule has 0 unspecified atom stereocenters. The van der Waals surface area contributed by atoms with Gasteiger partial charge < -0.3 is 9.16 Å². The third kappa shape index (κ3) is 5.92. The molecule has 0 atom stereocenters. The standard InChI is InChI=1S/C19H34O3Si/c1-15(13-14-22-23(6,7)19(2,3)4)11-12-16-17(20)9-8-10-18(16)21-5/h13H,8-12,14H2,1-7H3/b15-13+. The predicted octanol–water partition coefficient (Wildman–Crippen LogP) is 5.39. The molecule has 0 aromatic rings. The number of carbonyl (C=O) groups is 1. The fourth-order valence-electron chi connectivity index (χ4n) is 2.40. The quantitative estimate of drug-likeness (QED) is 0.461. The van der Waals surface area contributed by atoms with Crippen molar-refractivity contribution in [2.75, 3.05) is 13.7 Å². The van der Waals surface area contributed by atoms with Gasteiger partial charge >= 0.3 is 0 Å². The van der Waals surface area contributed by atoms with Crippen molar-refractivity contribution in [3.63, 3.8) is 0 Å². The Balaban J connectivity index is 2.55. The fourth-order valence-corrected chi connectivity index (χ4v) is 3.34. The minimum atomic E-state index is -1.68. The zero-order chi connectivity index (χ0) is 17.7. The van der Waals surface area contributed by atoms with Crippen molar-refractivity contribution in [3.05, 3.63) is 23.0 Å². The molecule has 0 saturated heterocycles. The Kier molecular flexibility index (Phi) is 7.27. The Bertz CT molecular complexity index is 481. The molecule has 0 radical (unpaired) electrons. The van der Waals surface area contributed by atoms with Crippen molar-refractivity contribution in [1.29, 1.82) is 0 Å². The molecule has 0 aliphatic heterocycles. The van der Waals surface area contributed by atoms with E-state index in [9.17, 15) is 4.79 Å². The largest absolute Gasteiger partial charge is 0.501 e. The van der Waals surface area contributed by atoms with Gasteiger partial charge in [-0.05, 0) is 44.3 Å². The maximum Gasteiger partial charge on any atom is 0.192 e. The van der Waals surface area contributed by atoms with Gasteiger partial charge in [0.05, 0.1) is 13.7 Å². The molecule has 0 spiro atoms. The zero-order valence-corrected chi connectivity index (χ0v) is 17.0. The van der Waals surface area contributed by atoms with Crippen LogP contribution in [0.1, 0.15) is 59.8 Å². The first-order valence-corrected chi connectivity index (χ1v) is 11.6. The SMILES string of the molecule is COC1=C(CC/C(C)=C/CO[Si](C)(C)C(C)(C)C)C(=O)CCC1. The van der Waals surface area contributed by atoms with E-state index in [2.05, 4.69) is 46.9 Å². The summed E-state index contributed by atoms with van der Waals surface area (Å²) in [4.78, 5) is 12.1. The number of methoxy groups -OCH3 is 1. The average Bonchev–Trinajstić information content (AvgIpc) is 2.44. The first kappa shape index (κ1) is 20.2. The maximum atomic E-state index is 12.1. The molecule has 132 valence electrons. The summed E-state index contributed by atoms with van der Waals surface area (Å²) in [5.74, 6) is 1.16. The fraction of sp³-hybridized carbons (Fsp3) is 0.737. The number of ketones is 1. The molecular weight excluding hydrogens is 304 g/mol. The smallest absolute Gasteiger partial charge is 0.192 e. The second-order valence-corrected chi connectivity index (χ2v) is 12.8. The van der Waals surface area contributed by atoms with Crippen LogP contribution in [0, 0.1) is 0 Å².